The number of hydrogen-bond donors (Lipinski definition) is 1. The number of ether oxygens (including phenoxy) is 1. The molecule has 0 amide bonds. The Balaban J connectivity index is 2.19. The normalized spacial score (nSPS) is 10.7. The highest BCUT2D eigenvalue weighted by Crippen LogP contribution is 2.30. The van der Waals surface area contributed by atoms with Crippen LogP contribution in [-0.4, -0.2) is 21.7 Å². The maximum absolute atomic E-state index is 5.74. The van der Waals surface area contributed by atoms with Gasteiger partial charge in [0.05, 0.1) is 19.0 Å². The molecular weight excluding hydrogens is 228 g/mol. The SMILES string of the molecule is COc1cc(N)ccc1-c1cn2ncccc2n1. The van der Waals surface area contributed by atoms with Crippen LogP contribution < -0.4 is 10.5 Å². The van der Waals surface area contributed by atoms with E-state index in [0.29, 0.717) is 11.4 Å². The average Bonchev–Trinajstić information content (AvgIpc) is 2.82. The number of methoxy groups -OCH3 is 1. The van der Waals surface area contributed by atoms with E-state index in [1.54, 1.807) is 23.9 Å². The van der Waals surface area contributed by atoms with Gasteiger partial charge in [0, 0.05) is 23.5 Å². The molecule has 0 unspecified atom stereocenters. The van der Waals surface area contributed by atoms with E-state index in [2.05, 4.69) is 10.1 Å². The number of hydrogen-bond acceptors (Lipinski definition) is 4. The Hall–Kier alpha value is -2.56. The molecule has 5 heteroatoms. The molecule has 0 radical (unpaired) electrons. The number of benzene rings is 1. The van der Waals surface area contributed by atoms with Crippen LogP contribution in [0.2, 0.25) is 0 Å². The molecule has 18 heavy (non-hydrogen) atoms. The minimum Gasteiger partial charge on any atom is -0.496 e. The first-order valence-electron chi connectivity index (χ1n) is 5.52. The van der Waals surface area contributed by atoms with Crippen molar-refractivity contribution in [2.75, 3.05) is 12.8 Å². The van der Waals surface area contributed by atoms with E-state index in [9.17, 15) is 0 Å². The summed E-state index contributed by atoms with van der Waals surface area (Å²) in [5.74, 6) is 0.707. The molecule has 0 aliphatic rings. The summed E-state index contributed by atoms with van der Waals surface area (Å²) in [6, 6.07) is 9.27. The summed E-state index contributed by atoms with van der Waals surface area (Å²) in [7, 11) is 1.62. The zero-order chi connectivity index (χ0) is 12.5. The Morgan fingerprint density at radius 3 is 2.94 bits per heavy atom. The van der Waals surface area contributed by atoms with Gasteiger partial charge in [0.15, 0.2) is 5.65 Å². The van der Waals surface area contributed by atoms with Crippen LogP contribution in [0.1, 0.15) is 0 Å². The number of imidazole rings is 1. The van der Waals surface area contributed by atoms with Gasteiger partial charge in [0.2, 0.25) is 0 Å². The molecule has 0 aliphatic carbocycles. The van der Waals surface area contributed by atoms with Gasteiger partial charge in [0.25, 0.3) is 0 Å². The molecule has 3 aromatic rings. The number of nitrogen functional groups attached to an aromatic ring is 1. The minimum atomic E-state index is 0.664. The first kappa shape index (κ1) is 10.6. The Bertz CT molecular complexity index is 672. The predicted molar refractivity (Wildman–Crippen MR) is 69.4 cm³/mol. The summed E-state index contributed by atoms with van der Waals surface area (Å²) in [4.78, 5) is 4.50. The smallest absolute Gasteiger partial charge is 0.154 e. The summed E-state index contributed by atoms with van der Waals surface area (Å²) < 4.78 is 7.05. The molecule has 0 saturated heterocycles. The largest absolute Gasteiger partial charge is 0.496 e. The molecule has 2 heterocycles. The topological polar surface area (TPSA) is 65.4 Å². The van der Waals surface area contributed by atoms with Gasteiger partial charge >= 0.3 is 0 Å². The monoisotopic (exact) mass is 240 g/mol. The van der Waals surface area contributed by atoms with Gasteiger partial charge in [0.1, 0.15) is 5.75 Å². The van der Waals surface area contributed by atoms with E-state index in [1.165, 1.54) is 0 Å². The number of anilines is 1. The van der Waals surface area contributed by atoms with E-state index in [0.717, 1.165) is 16.9 Å². The molecule has 0 atom stereocenters. The van der Waals surface area contributed by atoms with E-state index >= 15 is 0 Å². The van der Waals surface area contributed by atoms with Crippen LogP contribution in [0, 0.1) is 0 Å². The van der Waals surface area contributed by atoms with Crippen molar-refractivity contribution in [2.45, 2.75) is 0 Å². The fourth-order valence-corrected chi connectivity index (χ4v) is 1.88. The first-order valence-corrected chi connectivity index (χ1v) is 5.52. The van der Waals surface area contributed by atoms with Crippen LogP contribution in [0.3, 0.4) is 0 Å². The highest BCUT2D eigenvalue weighted by molar-refractivity contribution is 5.71. The summed E-state index contributed by atoms with van der Waals surface area (Å²) in [6.07, 6.45) is 3.59. The Morgan fingerprint density at radius 1 is 1.28 bits per heavy atom. The summed E-state index contributed by atoms with van der Waals surface area (Å²) in [5.41, 5.74) is 8.91. The molecule has 0 saturated carbocycles. The van der Waals surface area contributed by atoms with Crippen molar-refractivity contribution in [3.63, 3.8) is 0 Å². The second-order valence-corrected chi connectivity index (χ2v) is 3.91. The van der Waals surface area contributed by atoms with Crippen molar-refractivity contribution in [2.24, 2.45) is 0 Å². The molecule has 2 aromatic heterocycles. The molecule has 0 bridgehead atoms. The lowest BCUT2D eigenvalue weighted by atomic mass is 10.1. The Kier molecular flexibility index (Phi) is 2.37. The highest BCUT2D eigenvalue weighted by Gasteiger charge is 2.10. The van der Waals surface area contributed by atoms with Crippen molar-refractivity contribution >= 4 is 11.3 Å². The Morgan fingerprint density at radius 2 is 2.17 bits per heavy atom. The second-order valence-electron chi connectivity index (χ2n) is 3.91. The lowest BCUT2D eigenvalue weighted by Gasteiger charge is -2.06. The maximum Gasteiger partial charge on any atom is 0.154 e. The molecule has 3 rings (SSSR count). The van der Waals surface area contributed by atoms with Gasteiger partial charge in [-0.15, -0.1) is 0 Å². The highest BCUT2D eigenvalue weighted by atomic mass is 16.5. The summed E-state index contributed by atoms with van der Waals surface area (Å²) in [6.45, 7) is 0. The number of fused-ring (bicyclic) bond motifs is 1. The molecule has 2 N–H and O–H groups in total. The van der Waals surface area contributed by atoms with Gasteiger partial charge in [-0.3, -0.25) is 0 Å². The third kappa shape index (κ3) is 1.66. The van der Waals surface area contributed by atoms with Crippen molar-refractivity contribution in [3.05, 3.63) is 42.7 Å². The average molecular weight is 240 g/mol. The van der Waals surface area contributed by atoms with Gasteiger partial charge in [-0.2, -0.15) is 5.10 Å². The third-order valence-electron chi connectivity index (χ3n) is 2.74. The minimum absolute atomic E-state index is 0.664. The molecule has 0 spiro atoms. The molecule has 1 aromatic carbocycles. The van der Waals surface area contributed by atoms with E-state index in [-0.39, 0.29) is 0 Å². The van der Waals surface area contributed by atoms with Crippen LogP contribution in [0.15, 0.2) is 42.7 Å². The number of aromatic nitrogens is 3. The van der Waals surface area contributed by atoms with Gasteiger partial charge < -0.3 is 10.5 Å². The van der Waals surface area contributed by atoms with Gasteiger partial charge in [-0.05, 0) is 24.3 Å². The van der Waals surface area contributed by atoms with Crippen molar-refractivity contribution < 1.29 is 4.74 Å². The zero-order valence-electron chi connectivity index (χ0n) is 9.87. The van der Waals surface area contributed by atoms with E-state index in [1.807, 2.05) is 30.5 Å². The van der Waals surface area contributed by atoms with Crippen molar-refractivity contribution in [1.82, 2.24) is 14.6 Å². The number of nitrogens with two attached hydrogens (primary N) is 1. The summed E-state index contributed by atoms with van der Waals surface area (Å²) >= 11 is 0. The number of rotatable bonds is 2. The lowest BCUT2D eigenvalue weighted by molar-refractivity contribution is 0.416. The summed E-state index contributed by atoms with van der Waals surface area (Å²) in [5, 5.41) is 4.19. The third-order valence-corrected chi connectivity index (χ3v) is 2.74. The van der Waals surface area contributed by atoms with Crippen LogP contribution in [0.4, 0.5) is 5.69 Å². The quantitative estimate of drug-likeness (QED) is 0.696. The second kappa shape index (κ2) is 4.03. The van der Waals surface area contributed by atoms with Crippen LogP contribution >= 0.6 is 0 Å². The van der Waals surface area contributed by atoms with E-state index in [4.69, 9.17) is 10.5 Å². The molecule has 0 fully saturated rings. The fraction of sp³-hybridized carbons (Fsp3) is 0.0769. The Labute approximate surface area is 104 Å². The fourth-order valence-electron chi connectivity index (χ4n) is 1.88. The zero-order valence-corrected chi connectivity index (χ0v) is 9.87. The molecule has 0 aliphatic heterocycles. The first-order chi connectivity index (χ1) is 8.78. The lowest BCUT2D eigenvalue weighted by Crippen LogP contribution is -1.91. The van der Waals surface area contributed by atoms with Crippen molar-refractivity contribution in [1.29, 1.82) is 0 Å². The van der Waals surface area contributed by atoms with Crippen molar-refractivity contribution in [3.8, 4) is 17.0 Å². The molecule has 5 nitrogen and oxygen atoms in total. The van der Waals surface area contributed by atoms with Crippen LogP contribution in [0.25, 0.3) is 16.9 Å². The maximum atomic E-state index is 5.74. The van der Waals surface area contributed by atoms with Crippen LogP contribution in [0.5, 0.6) is 5.75 Å². The number of nitrogens with zero attached hydrogens (tertiary/aromatic N) is 3. The van der Waals surface area contributed by atoms with Crippen LogP contribution in [-0.2, 0) is 0 Å². The molecular formula is C13H12N4O. The van der Waals surface area contributed by atoms with Gasteiger partial charge in [-0.25, -0.2) is 9.50 Å². The van der Waals surface area contributed by atoms with E-state index < -0.39 is 0 Å². The predicted octanol–water partition coefficient (Wildman–Crippen LogP) is 1.99. The molecule has 90 valence electrons. The van der Waals surface area contributed by atoms with Gasteiger partial charge in [-0.1, -0.05) is 0 Å². The standard InChI is InChI=1S/C13H12N4O/c1-18-12-7-9(14)4-5-10(12)11-8-17-13(16-11)3-2-6-15-17/h2-8H,14H2,1H3.